The fourth-order valence-corrected chi connectivity index (χ4v) is 9.98. The number of imidazole rings is 3. The number of hydrogen-bond donors (Lipinski definition) is 3. The number of nitrogens with one attached hydrogen (secondary N) is 1. The zero-order chi connectivity index (χ0) is 69.8. The molecule has 0 fully saturated rings. The summed E-state index contributed by atoms with van der Waals surface area (Å²) in [6, 6.07) is 29.2. The number of aliphatic hydroxyl groups is 1. The molecular weight excluding hydrogens is 1340 g/mol. The molecule has 34 heteroatoms. The van der Waals surface area contributed by atoms with Gasteiger partial charge in [-0.3, -0.25) is 32.9 Å². The zero-order valence-electron chi connectivity index (χ0n) is 52.8. The molecule has 9 heterocycles. The molecule has 0 saturated carbocycles. The molecule has 4 aromatic carbocycles. The van der Waals surface area contributed by atoms with Crippen LogP contribution in [0.3, 0.4) is 0 Å². The Morgan fingerprint density at radius 2 is 0.763 bits per heavy atom. The topological polar surface area (TPSA) is 371 Å². The number of aryl methyl sites for hydroxylation is 3. The van der Waals surface area contributed by atoms with E-state index in [4.69, 9.17) is 69.9 Å². The van der Waals surface area contributed by atoms with Crippen LogP contribution in [0.2, 0.25) is 20.1 Å². The summed E-state index contributed by atoms with van der Waals surface area (Å²) >= 11 is 23.2. The Bertz CT molecular complexity index is 5020. The van der Waals surface area contributed by atoms with Gasteiger partial charge in [-0.25, -0.2) is 49.4 Å². The van der Waals surface area contributed by atoms with E-state index in [-0.39, 0.29) is 78.3 Å². The molecule has 0 saturated heterocycles. The van der Waals surface area contributed by atoms with Crippen molar-refractivity contribution in [1.29, 1.82) is 0 Å². The summed E-state index contributed by atoms with van der Waals surface area (Å²) in [6.45, 7) is 8.50. The van der Waals surface area contributed by atoms with Crippen molar-refractivity contribution in [2.24, 2.45) is 21.1 Å². The normalized spacial score (nSPS) is 12.3. The SMILES string of the molecule is CC(C(=O)O)c1ccc(Cl)cc1.CC(CO)c1ccc(Cl)cc1.C[C@@H](Cn1nc(Cn2cnc3ncn(C)c3c2=O)oc1=O)c1ccc(Cl)cc1.C[C@H](Cn1nc(Cn2cnc3ncn(C)c3c2=O)oc1=O)c1ccc(Cl)cc1.Cn1cnc2ncn(Cc3n[nH]c(=O)o3)c(=O)c21. The first-order valence-electron chi connectivity index (χ1n) is 29.5. The second kappa shape index (κ2) is 31.7. The highest BCUT2D eigenvalue weighted by atomic mass is 35.5. The molecule has 0 radical (unpaired) electrons. The Kier molecular flexibility index (Phi) is 23.1. The number of aromatic amines is 1. The molecule has 0 bridgehead atoms. The van der Waals surface area contributed by atoms with E-state index >= 15 is 0 Å². The number of halogens is 4. The highest BCUT2D eigenvalue weighted by Crippen LogP contribution is 2.22. The monoisotopic (exact) mass is 1400 g/mol. The molecule has 4 atom stereocenters. The van der Waals surface area contributed by atoms with E-state index in [2.05, 4.69) is 50.3 Å². The van der Waals surface area contributed by atoms with Crippen molar-refractivity contribution in [3.63, 3.8) is 0 Å². The number of hydrogen-bond acceptors (Lipinski definition) is 20. The minimum atomic E-state index is -0.822. The van der Waals surface area contributed by atoms with Crippen LogP contribution < -0.4 is 33.9 Å². The Morgan fingerprint density at radius 1 is 0.454 bits per heavy atom. The molecule has 97 heavy (non-hydrogen) atoms. The number of fused-ring (bicyclic) bond motifs is 3. The summed E-state index contributed by atoms with van der Waals surface area (Å²) in [7, 11) is 5.14. The molecule has 0 aliphatic rings. The van der Waals surface area contributed by atoms with Crippen LogP contribution in [0, 0.1) is 0 Å². The molecule has 9 aromatic heterocycles. The van der Waals surface area contributed by atoms with E-state index in [1.165, 1.54) is 61.0 Å². The average Bonchev–Trinajstić information content (AvgIpc) is 1.70. The lowest BCUT2D eigenvalue weighted by Crippen LogP contribution is -2.23. The Balaban J connectivity index is 0.000000149. The third kappa shape index (κ3) is 17.8. The minimum Gasteiger partial charge on any atom is -0.481 e. The van der Waals surface area contributed by atoms with Crippen molar-refractivity contribution >= 4 is 85.9 Å². The predicted molar refractivity (Wildman–Crippen MR) is 358 cm³/mol. The van der Waals surface area contributed by atoms with E-state index in [0.717, 1.165) is 27.3 Å². The number of aliphatic carboxylic acids is 1. The van der Waals surface area contributed by atoms with Gasteiger partial charge in [-0.05, 0) is 77.7 Å². The molecule has 3 N–H and O–H groups in total. The molecule has 0 spiro atoms. The summed E-state index contributed by atoms with van der Waals surface area (Å²) in [5, 5.41) is 34.4. The van der Waals surface area contributed by atoms with Crippen molar-refractivity contribution in [3.8, 4) is 0 Å². The van der Waals surface area contributed by atoms with Gasteiger partial charge in [0.2, 0.25) is 17.7 Å². The van der Waals surface area contributed by atoms with Crippen molar-refractivity contribution in [3.05, 3.63) is 258 Å². The highest BCUT2D eigenvalue weighted by molar-refractivity contribution is 6.31. The number of benzene rings is 4. The number of aromatic nitrogens is 18. The van der Waals surface area contributed by atoms with Gasteiger partial charge in [-0.2, -0.15) is 9.36 Å². The average molecular weight is 1410 g/mol. The maximum absolute atomic E-state index is 12.6. The fourth-order valence-electron chi connectivity index (χ4n) is 9.48. The maximum atomic E-state index is 12.6. The van der Waals surface area contributed by atoms with E-state index in [1.54, 1.807) is 90.3 Å². The summed E-state index contributed by atoms with van der Waals surface area (Å²) in [5.74, 6) is -2.44. The quantitative estimate of drug-likeness (QED) is 0.0848. The number of carboxylic acids is 1. The van der Waals surface area contributed by atoms with Crippen LogP contribution in [0.1, 0.15) is 91.3 Å². The second-order valence-corrected chi connectivity index (χ2v) is 23.9. The first-order chi connectivity index (χ1) is 46.3. The molecule has 0 aliphatic carbocycles. The standard InChI is InChI=1S/2C18H17ClN6O3.C9H9ClO2.C9H11ClO.C9H8N6O3/c2*1-11(12-3-5-13(19)6-4-12)7-25-18(27)28-14(22-25)8-24-10-21-16-15(17(24)26)23(2)9-20-16;1-6(9(11)12)7-2-4-8(10)5-3-7;1-7(6-11)8-2-4-9(10)5-3-8;1-14-3-10-7-6(14)8(16)15(4-11-7)2-5-12-13-9(17)18-5/h2*3-6,9-11H,7-8H2,1-2H3;2-6H,1H3,(H,11,12);2-5,7,11H,6H2,1H3;3-4H,2H2,1H3,(H,13,17)/t2*11-;;;/m10.../s1. The third-order valence-corrected chi connectivity index (χ3v) is 16.0. The van der Waals surface area contributed by atoms with E-state index in [1.807, 2.05) is 69.3 Å². The van der Waals surface area contributed by atoms with Gasteiger partial charge in [0.05, 0.1) is 38.0 Å². The molecule has 13 rings (SSSR count). The summed E-state index contributed by atoms with van der Waals surface area (Å²) in [6.07, 6.45) is 8.64. The van der Waals surface area contributed by atoms with Crippen LogP contribution in [0.15, 0.2) is 177 Å². The van der Waals surface area contributed by atoms with Gasteiger partial charge in [0.25, 0.3) is 16.7 Å². The molecule has 0 aliphatic heterocycles. The number of nitrogens with zero attached hydrogens (tertiary/aromatic N) is 17. The van der Waals surface area contributed by atoms with Crippen molar-refractivity contribution < 1.29 is 28.3 Å². The summed E-state index contributed by atoms with van der Waals surface area (Å²) < 4.78 is 26.4. The van der Waals surface area contributed by atoms with Crippen LogP contribution in [0.25, 0.3) is 33.5 Å². The van der Waals surface area contributed by atoms with Gasteiger partial charge in [0.1, 0.15) is 38.6 Å². The van der Waals surface area contributed by atoms with E-state index in [9.17, 15) is 33.6 Å². The number of carbonyl (C=O) groups is 1. The number of carboxylic acid groups (broad SMARTS) is 1. The fraction of sp³-hybridized carbons (Fsp3) is 0.270. The van der Waals surface area contributed by atoms with Gasteiger partial charge in [-0.15, -0.1) is 15.3 Å². The van der Waals surface area contributed by atoms with Gasteiger partial charge in [0.15, 0.2) is 33.5 Å². The number of H-pyrrole nitrogens is 1. The summed E-state index contributed by atoms with van der Waals surface area (Å²) in [4.78, 5) is 107. The molecule has 2 unspecified atom stereocenters. The predicted octanol–water partition coefficient (Wildman–Crippen LogP) is 7.39. The minimum absolute atomic E-state index is 0.00448. The molecule has 13 aromatic rings. The maximum Gasteiger partial charge on any atom is 0.437 e. The van der Waals surface area contributed by atoms with Gasteiger partial charge >= 0.3 is 23.2 Å². The lowest BCUT2D eigenvalue weighted by molar-refractivity contribution is -0.138. The summed E-state index contributed by atoms with van der Waals surface area (Å²) in [5.41, 5.74) is 5.37. The van der Waals surface area contributed by atoms with E-state index in [0.29, 0.717) is 61.6 Å². The van der Waals surface area contributed by atoms with Crippen LogP contribution in [0.5, 0.6) is 0 Å². The lowest BCUT2D eigenvalue weighted by Gasteiger charge is -2.10. The zero-order valence-corrected chi connectivity index (χ0v) is 55.9. The van der Waals surface area contributed by atoms with Crippen LogP contribution in [-0.4, -0.2) is 110 Å². The smallest absolute Gasteiger partial charge is 0.437 e. The largest absolute Gasteiger partial charge is 0.481 e. The Labute approximate surface area is 567 Å². The molecule has 30 nitrogen and oxygen atoms in total. The third-order valence-electron chi connectivity index (χ3n) is 15.0. The molecule has 504 valence electrons. The van der Waals surface area contributed by atoms with Crippen LogP contribution >= 0.6 is 46.4 Å². The highest BCUT2D eigenvalue weighted by Gasteiger charge is 2.19. The van der Waals surface area contributed by atoms with E-state index < -0.39 is 29.2 Å². The lowest BCUT2D eigenvalue weighted by atomic mass is 10.0. The van der Waals surface area contributed by atoms with Crippen molar-refractivity contribution in [2.75, 3.05) is 6.61 Å². The van der Waals surface area contributed by atoms with Crippen molar-refractivity contribution in [1.82, 2.24) is 87.1 Å². The van der Waals surface area contributed by atoms with Crippen molar-refractivity contribution in [2.45, 2.75) is 84.1 Å². The van der Waals surface area contributed by atoms with Gasteiger partial charge in [-0.1, -0.05) is 116 Å². The first-order valence-corrected chi connectivity index (χ1v) is 31.0. The Hall–Kier alpha value is -10.7. The number of rotatable bonds is 16. The van der Waals surface area contributed by atoms with Crippen LogP contribution in [-0.2, 0) is 58.7 Å². The first kappa shape index (κ1) is 70.7. The Morgan fingerprint density at radius 3 is 1.07 bits per heavy atom. The second-order valence-electron chi connectivity index (χ2n) is 22.2. The molecule has 0 amide bonds. The van der Waals surface area contributed by atoms with Crippen LogP contribution in [0.4, 0.5) is 0 Å². The molecular formula is C63H62Cl4N18O12. The number of aliphatic hydroxyl groups excluding tert-OH is 1. The van der Waals surface area contributed by atoms with Gasteiger partial charge in [0, 0.05) is 65.6 Å². The van der Waals surface area contributed by atoms with Gasteiger partial charge < -0.3 is 37.2 Å².